The Morgan fingerprint density at radius 2 is 1.86 bits per heavy atom. The molecule has 0 spiro atoms. The average molecular weight is 477 g/mol. The maximum absolute atomic E-state index is 10.9. The van der Waals surface area contributed by atoms with Crippen LogP contribution in [0.15, 0.2) is 54.6 Å². The lowest BCUT2D eigenvalue weighted by molar-refractivity contribution is 0.00545. The van der Waals surface area contributed by atoms with Crippen LogP contribution in [0.1, 0.15) is 29.7 Å². The molecule has 2 fully saturated rings. The number of aromatic nitrogens is 2. The van der Waals surface area contributed by atoms with Crippen LogP contribution < -0.4 is 4.74 Å². The molecule has 0 bridgehead atoms. The Balaban J connectivity index is 1.40. The molecule has 0 amide bonds. The van der Waals surface area contributed by atoms with E-state index < -0.39 is 6.10 Å². The largest absolute Gasteiger partial charge is 0.439 e. The van der Waals surface area contributed by atoms with Crippen molar-refractivity contribution in [1.29, 1.82) is 0 Å². The van der Waals surface area contributed by atoms with Crippen LogP contribution in [-0.4, -0.2) is 76.2 Å². The van der Waals surface area contributed by atoms with Crippen molar-refractivity contribution in [2.45, 2.75) is 45.4 Å². The van der Waals surface area contributed by atoms with E-state index in [0.717, 1.165) is 60.4 Å². The molecule has 1 saturated carbocycles. The molecule has 1 unspecified atom stereocenters. The highest BCUT2D eigenvalue weighted by atomic mass is 16.5. The number of para-hydroxylation sites is 1. The first-order valence-corrected chi connectivity index (χ1v) is 12.7. The lowest BCUT2D eigenvalue weighted by Crippen LogP contribution is -2.45. The molecule has 2 aliphatic rings. The molecule has 0 radical (unpaired) electrons. The summed E-state index contributed by atoms with van der Waals surface area (Å²) in [5.41, 5.74) is 4.14. The lowest BCUT2D eigenvalue weighted by atomic mass is 10.2. The van der Waals surface area contributed by atoms with Gasteiger partial charge in [0, 0.05) is 38.8 Å². The first-order chi connectivity index (χ1) is 17.1. The van der Waals surface area contributed by atoms with Crippen LogP contribution in [0.2, 0.25) is 0 Å². The molecule has 1 atom stereocenters. The highest BCUT2D eigenvalue weighted by Gasteiger charge is 2.33. The topological polar surface area (TPSA) is 63.0 Å². The number of ether oxygens (including phenoxy) is 2. The molecule has 1 aliphatic carbocycles. The van der Waals surface area contributed by atoms with Crippen molar-refractivity contribution < 1.29 is 14.6 Å². The van der Waals surface area contributed by atoms with Gasteiger partial charge in [0.1, 0.15) is 5.75 Å². The summed E-state index contributed by atoms with van der Waals surface area (Å²) in [6.45, 7) is 9.41. The van der Waals surface area contributed by atoms with Gasteiger partial charge in [0.2, 0.25) is 5.88 Å². The first-order valence-electron chi connectivity index (χ1n) is 12.7. The standard InChI is InChI=1S/C28H36N4O3/c1-21-7-6-10-26(17-21)35-28-27(22(2)29-32(28)24-8-4-3-5-9-24)20-31(23-11-12-23)19-25(33)18-30-13-15-34-16-14-30/h3-10,17,23,25,33H,11-16,18-20H2,1-2H3. The van der Waals surface area contributed by atoms with Gasteiger partial charge in [-0.3, -0.25) is 9.80 Å². The van der Waals surface area contributed by atoms with E-state index in [1.165, 1.54) is 12.8 Å². The van der Waals surface area contributed by atoms with Crippen LogP contribution in [0, 0.1) is 13.8 Å². The van der Waals surface area contributed by atoms with E-state index in [2.05, 4.69) is 22.8 Å². The molecule has 7 nitrogen and oxygen atoms in total. The molecule has 1 aliphatic heterocycles. The predicted molar refractivity (Wildman–Crippen MR) is 136 cm³/mol. The van der Waals surface area contributed by atoms with Crippen LogP contribution in [0.3, 0.4) is 0 Å². The molecule has 186 valence electrons. The number of rotatable bonds is 10. The van der Waals surface area contributed by atoms with E-state index in [1.807, 2.05) is 60.1 Å². The van der Waals surface area contributed by atoms with Crippen molar-refractivity contribution in [1.82, 2.24) is 19.6 Å². The SMILES string of the molecule is Cc1cccc(Oc2c(CN(CC(O)CN3CCOCC3)C3CC3)c(C)nn2-c2ccccc2)c1. The van der Waals surface area contributed by atoms with E-state index in [0.29, 0.717) is 25.7 Å². The van der Waals surface area contributed by atoms with Gasteiger partial charge in [-0.05, 0) is 56.5 Å². The molecular formula is C28H36N4O3. The molecule has 35 heavy (non-hydrogen) atoms. The molecule has 5 rings (SSSR count). The van der Waals surface area contributed by atoms with Crippen molar-refractivity contribution in [3.63, 3.8) is 0 Å². The van der Waals surface area contributed by atoms with E-state index in [1.54, 1.807) is 0 Å². The van der Waals surface area contributed by atoms with Crippen molar-refractivity contribution in [3.8, 4) is 17.3 Å². The minimum Gasteiger partial charge on any atom is -0.439 e. The zero-order valence-corrected chi connectivity index (χ0v) is 20.8. The minimum absolute atomic E-state index is 0.403. The molecule has 1 saturated heterocycles. The Labute approximate surface area is 207 Å². The molecule has 7 heteroatoms. The number of hydrogen-bond donors (Lipinski definition) is 1. The molecule has 1 aromatic heterocycles. The Bertz CT molecular complexity index is 1110. The second-order valence-electron chi connectivity index (χ2n) is 9.76. The average Bonchev–Trinajstić information content (AvgIpc) is 3.66. The van der Waals surface area contributed by atoms with Gasteiger partial charge >= 0.3 is 0 Å². The zero-order chi connectivity index (χ0) is 24.2. The number of nitrogens with zero attached hydrogens (tertiary/aromatic N) is 4. The maximum atomic E-state index is 10.9. The Kier molecular flexibility index (Phi) is 7.48. The van der Waals surface area contributed by atoms with Crippen LogP contribution in [0.4, 0.5) is 0 Å². The fourth-order valence-electron chi connectivity index (χ4n) is 4.76. The number of β-amino-alcohol motifs (C(OH)–C–C–N with tert-alkyl or cyclic N) is 1. The number of aliphatic hydroxyl groups is 1. The van der Waals surface area contributed by atoms with Crippen LogP contribution in [0.5, 0.6) is 11.6 Å². The first kappa shape index (κ1) is 24.0. The number of aliphatic hydroxyl groups excluding tert-OH is 1. The minimum atomic E-state index is -0.403. The van der Waals surface area contributed by atoms with Gasteiger partial charge in [-0.1, -0.05) is 30.3 Å². The van der Waals surface area contributed by atoms with Crippen molar-refractivity contribution >= 4 is 0 Å². The summed E-state index contributed by atoms with van der Waals surface area (Å²) in [5, 5.41) is 15.8. The maximum Gasteiger partial charge on any atom is 0.227 e. The van der Waals surface area contributed by atoms with Gasteiger partial charge in [-0.25, -0.2) is 4.68 Å². The number of hydrogen-bond acceptors (Lipinski definition) is 6. The van der Waals surface area contributed by atoms with Crippen LogP contribution >= 0.6 is 0 Å². The van der Waals surface area contributed by atoms with Crippen molar-refractivity contribution in [3.05, 3.63) is 71.4 Å². The van der Waals surface area contributed by atoms with Gasteiger partial charge in [0.15, 0.2) is 0 Å². The summed E-state index contributed by atoms with van der Waals surface area (Å²) in [4.78, 5) is 4.71. The van der Waals surface area contributed by atoms with Crippen LogP contribution in [0.25, 0.3) is 5.69 Å². The zero-order valence-electron chi connectivity index (χ0n) is 20.8. The van der Waals surface area contributed by atoms with E-state index >= 15 is 0 Å². The van der Waals surface area contributed by atoms with Gasteiger partial charge in [-0.2, -0.15) is 5.10 Å². The van der Waals surface area contributed by atoms with E-state index in [-0.39, 0.29) is 0 Å². The summed E-state index contributed by atoms with van der Waals surface area (Å²) in [6, 6.07) is 18.7. The summed E-state index contributed by atoms with van der Waals surface area (Å²) >= 11 is 0. The normalized spacial score (nSPS) is 17.6. The third-order valence-electron chi connectivity index (χ3n) is 6.78. The summed E-state index contributed by atoms with van der Waals surface area (Å²) in [5.74, 6) is 1.54. The smallest absolute Gasteiger partial charge is 0.227 e. The van der Waals surface area contributed by atoms with Gasteiger partial charge in [0.25, 0.3) is 0 Å². The summed E-state index contributed by atoms with van der Waals surface area (Å²) < 4.78 is 13.9. The Hall–Kier alpha value is -2.71. The second kappa shape index (κ2) is 10.9. The summed E-state index contributed by atoms with van der Waals surface area (Å²) in [7, 11) is 0. The van der Waals surface area contributed by atoms with Crippen molar-refractivity contribution in [2.75, 3.05) is 39.4 Å². The molecular weight excluding hydrogens is 440 g/mol. The van der Waals surface area contributed by atoms with Gasteiger partial charge < -0.3 is 14.6 Å². The third kappa shape index (κ3) is 6.11. The predicted octanol–water partition coefficient (Wildman–Crippen LogP) is 3.94. The van der Waals surface area contributed by atoms with Crippen molar-refractivity contribution in [2.24, 2.45) is 0 Å². The number of benzene rings is 2. The quantitative estimate of drug-likeness (QED) is 0.478. The molecule has 2 heterocycles. The summed E-state index contributed by atoms with van der Waals surface area (Å²) in [6.07, 6.45) is 1.94. The highest BCUT2D eigenvalue weighted by molar-refractivity contribution is 5.43. The van der Waals surface area contributed by atoms with E-state index in [4.69, 9.17) is 14.6 Å². The number of morpholine rings is 1. The fraction of sp³-hybridized carbons (Fsp3) is 0.464. The molecule has 2 aromatic carbocycles. The number of aryl methyl sites for hydroxylation is 2. The van der Waals surface area contributed by atoms with E-state index in [9.17, 15) is 5.11 Å². The lowest BCUT2D eigenvalue weighted by Gasteiger charge is -2.31. The second-order valence-corrected chi connectivity index (χ2v) is 9.76. The van der Waals surface area contributed by atoms with Gasteiger partial charge in [-0.15, -0.1) is 0 Å². The monoisotopic (exact) mass is 476 g/mol. The Morgan fingerprint density at radius 3 is 2.57 bits per heavy atom. The van der Waals surface area contributed by atoms with Gasteiger partial charge in [0.05, 0.1) is 36.3 Å². The Morgan fingerprint density at radius 1 is 1.09 bits per heavy atom. The highest BCUT2D eigenvalue weighted by Crippen LogP contribution is 2.35. The molecule has 1 N–H and O–H groups in total. The van der Waals surface area contributed by atoms with Crippen LogP contribution in [-0.2, 0) is 11.3 Å². The fourth-order valence-corrected chi connectivity index (χ4v) is 4.76. The molecule has 3 aromatic rings. The third-order valence-corrected chi connectivity index (χ3v) is 6.78.